The third kappa shape index (κ3) is 3.24. The Morgan fingerprint density at radius 1 is 1.14 bits per heavy atom. The summed E-state index contributed by atoms with van der Waals surface area (Å²) in [6.07, 6.45) is 6.51. The molecule has 1 N–H and O–H groups in total. The van der Waals surface area contributed by atoms with Crippen molar-refractivity contribution in [2.45, 2.75) is 39.3 Å². The van der Waals surface area contributed by atoms with Crippen LogP contribution in [0.1, 0.15) is 29.5 Å². The predicted molar refractivity (Wildman–Crippen MR) is 85.6 cm³/mol. The first kappa shape index (κ1) is 14.1. The van der Waals surface area contributed by atoms with Gasteiger partial charge in [-0.25, -0.2) is 0 Å². The Hall–Kier alpha value is -1.87. The molecule has 0 atom stereocenters. The third-order valence-corrected chi connectivity index (χ3v) is 4.02. The molecule has 3 rings (SSSR count). The molecule has 1 aliphatic rings. The SMILES string of the molecule is COc1cc(C)c(-c2cncc(CNC3CC3)c2)cc1C. The summed E-state index contributed by atoms with van der Waals surface area (Å²) in [6, 6.07) is 7.23. The lowest BCUT2D eigenvalue weighted by molar-refractivity contribution is 0.411. The lowest BCUT2D eigenvalue weighted by Crippen LogP contribution is -2.15. The highest BCUT2D eigenvalue weighted by atomic mass is 16.5. The van der Waals surface area contributed by atoms with E-state index in [1.54, 1.807) is 7.11 Å². The highest BCUT2D eigenvalue weighted by Gasteiger charge is 2.20. The average molecular weight is 282 g/mol. The van der Waals surface area contributed by atoms with Crippen molar-refractivity contribution in [1.82, 2.24) is 10.3 Å². The summed E-state index contributed by atoms with van der Waals surface area (Å²) < 4.78 is 5.39. The quantitative estimate of drug-likeness (QED) is 0.909. The number of methoxy groups -OCH3 is 1. The van der Waals surface area contributed by atoms with E-state index >= 15 is 0 Å². The van der Waals surface area contributed by atoms with Gasteiger partial charge >= 0.3 is 0 Å². The molecule has 1 heterocycles. The summed E-state index contributed by atoms with van der Waals surface area (Å²) >= 11 is 0. The number of pyridine rings is 1. The molecule has 1 fully saturated rings. The van der Waals surface area contributed by atoms with Crippen LogP contribution in [0.5, 0.6) is 5.75 Å². The molecule has 1 aromatic carbocycles. The Morgan fingerprint density at radius 3 is 2.67 bits per heavy atom. The minimum atomic E-state index is 0.721. The van der Waals surface area contributed by atoms with Crippen LogP contribution in [0.4, 0.5) is 0 Å². The first-order valence-corrected chi connectivity index (χ1v) is 7.50. The normalized spacial score (nSPS) is 14.2. The van der Waals surface area contributed by atoms with Gasteiger partial charge in [-0.1, -0.05) is 0 Å². The fraction of sp³-hybridized carbons (Fsp3) is 0.389. The van der Waals surface area contributed by atoms with Crippen LogP contribution >= 0.6 is 0 Å². The number of aryl methyl sites for hydroxylation is 2. The van der Waals surface area contributed by atoms with Crippen LogP contribution in [0.25, 0.3) is 11.1 Å². The molecule has 1 aliphatic carbocycles. The van der Waals surface area contributed by atoms with Crippen LogP contribution in [-0.2, 0) is 6.54 Å². The number of ether oxygens (including phenoxy) is 1. The van der Waals surface area contributed by atoms with E-state index in [2.05, 4.69) is 42.3 Å². The summed E-state index contributed by atoms with van der Waals surface area (Å²) in [7, 11) is 1.72. The van der Waals surface area contributed by atoms with Crippen molar-refractivity contribution in [2.75, 3.05) is 7.11 Å². The molecular formula is C18H22N2O. The van der Waals surface area contributed by atoms with Gasteiger partial charge in [-0.3, -0.25) is 4.98 Å². The van der Waals surface area contributed by atoms with Gasteiger partial charge in [0.15, 0.2) is 0 Å². The van der Waals surface area contributed by atoms with E-state index in [1.165, 1.54) is 35.1 Å². The van der Waals surface area contributed by atoms with Gasteiger partial charge in [0.1, 0.15) is 5.75 Å². The van der Waals surface area contributed by atoms with Crippen molar-refractivity contribution in [3.63, 3.8) is 0 Å². The number of benzene rings is 1. The lowest BCUT2D eigenvalue weighted by Gasteiger charge is -2.12. The van der Waals surface area contributed by atoms with Crippen LogP contribution in [-0.4, -0.2) is 18.1 Å². The van der Waals surface area contributed by atoms with Gasteiger partial charge in [0.2, 0.25) is 0 Å². The Balaban J connectivity index is 1.88. The number of nitrogens with zero attached hydrogens (tertiary/aromatic N) is 1. The summed E-state index contributed by atoms with van der Waals surface area (Å²) in [5.41, 5.74) is 6.01. The summed E-state index contributed by atoms with van der Waals surface area (Å²) in [5, 5.41) is 3.54. The maximum absolute atomic E-state index is 5.39. The van der Waals surface area contributed by atoms with E-state index in [0.29, 0.717) is 0 Å². The highest BCUT2D eigenvalue weighted by molar-refractivity contribution is 5.69. The van der Waals surface area contributed by atoms with Crippen LogP contribution in [0, 0.1) is 13.8 Å². The van der Waals surface area contributed by atoms with Gasteiger partial charge in [-0.2, -0.15) is 0 Å². The molecule has 21 heavy (non-hydrogen) atoms. The van der Waals surface area contributed by atoms with E-state index in [-0.39, 0.29) is 0 Å². The molecule has 0 saturated heterocycles. The molecule has 0 amide bonds. The van der Waals surface area contributed by atoms with Crippen molar-refractivity contribution in [2.24, 2.45) is 0 Å². The zero-order chi connectivity index (χ0) is 14.8. The van der Waals surface area contributed by atoms with Crippen molar-refractivity contribution in [3.05, 3.63) is 47.3 Å². The van der Waals surface area contributed by atoms with Gasteiger partial charge in [0.05, 0.1) is 7.11 Å². The van der Waals surface area contributed by atoms with Crippen LogP contribution in [0.3, 0.4) is 0 Å². The minimum Gasteiger partial charge on any atom is -0.496 e. The van der Waals surface area contributed by atoms with Crippen molar-refractivity contribution < 1.29 is 4.74 Å². The van der Waals surface area contributed by atoms with Crippen molar-refractivity contribution in [3.8, 4) is 16.9 Å². The molecule has 2 aromatic rings. The maximum Gasteiger partial charge on any atom is 0.122 e. The van der Waals surface area contributed by atoms with Crippen LogP contribution in [0.2, 0.25) is 0 Å². The second-order valence-electron chi connectivity index (χ2n) is 5.87. The zero-order valence-electron chi connectivity index (χ0n) is 12.9. The molecule has 0 bridgehead atoms. The summed E-state index contributed by atoms with van der Waals surface area (Å²) in [5.74, 6) is 0.941. The van der Waals surface area contributed by atoms with Gasteiger partial charge in [-0.15, -0.1) is 0 Å². The number of nitrogens with one attached hydrogen (secondary N) is 1. The average Bonchev–Trinajstić information content (AvgIpc) is 3.31. The van der Waals surface area contributed by atoms with E-state index in [1.807, 2.05) is 12.4 Å². The topological polar surface area (TPSA) is 34.1 Å². The van der Waals surface area contributed by atoms with Crippen molar-refractivity contribution in [1.29, 1.82) is 0 Å². The largest absolute Gasteiger partial charge is 0.496 e. The Kier molecular flexibility index (Phi) is 3.93. The van der Waals surface area contributed by atoms with Crippen LogP contribution < -0.4 is 10.1 Å². The van der Waals surface area contributed by atoms with E-state index < -0.39 is 0 Å². The molecule has 110 valence electrons. The van der Waals surface area contributed by atoms with Gasteiger partial charge in [-0.05, 0) is 67.1 Å². The first-order chi connectivity index (χ1) is 10.2. The second-order valence-corrected chi connectivity index (χ2v) is 5.87. The molecule has 1 aromatic heterocycles. The predicted octanol–water partition coefficient (Wildman–Crippen LogP) is 3.63. The smallest absolute Gasteiger partial charge is 0.122 e. The van der Waals surface area contributed by atoms with E-state index in [4.69, 9.17) is 4.74 Å². The molecule has 0 aliphatic heterocycles. The second kappa shape index (κ2) is 5.86. The molecule has 0 spiro atoms. The fourth-order valence-electron chi connectivity index (χ4n) is 2.60. The van der Waals surface area contributed by atoms with Gasteiger partial charge in [0, 0.05) is 30.5 Å². The number of aromatic nitrogens is 1. The summed E-state index contributed by atoms with van der Waals surface area (Å²) in [6.45, 7) is 5.10. The van der Waals surface area contributed by atoms with Gasteiger partial charge in [0.25, 0.3) is 0 Å². The standard InChI is InChI=1S/C18H22N2O/c1-12-7-18(21-3)13(2)6-17(12)15-8-14(9-19-11-15)10-20-16-4-5-16/h6-9,11,16,20H,4-5,10H2,1-3H3. The van der Waals surface area contributed by atoms with Crippen LogP contribution in [0.15, 0.2) is 30.6 Å². The number of rotatable bonds is 5. The molecule has 3 heteroatoms. The van der Waals surface area contributed by atoms with Gasteiger partial charge < -0.3 is 10.1 Å². The Labute approximate surface area is 126 Å². The monoisotopic (exact) mass is 282 g/mol. The number of hydrogen-bond acceptors (Lipinski definition) is 3. The maximum atomic E-state index is 5.39. The zero-order valence-corrected chi connectivity index (χ0v) is 12.9. The molecule has 1 saturated carbocycles. The Bertz CT molecular complexity index is 648. The Morgan fingerprint density at radius 2 is 1.95 bits per heavy atom. The first-order valence-electron chi connectivity index (χ1n) is 7.50. The molecular weight excluding hydrogens is 260 g/mol. The summed E-state index contributed by atoms with van der Waals surface area (Å²) in [4.78, 5) is 4.40. The fourth-order valence-corrected chi connectivity index (χ4v) is 2.60. The number of hydrogen-bond donors (Lipinski definition) is 1. The lowest BCUT2D eigenvalue weighted by atomic mass is 9.98. The minimum absolute atomic E-state index is 0.721. The van der Waals surface area contributed by atoms with E-state index in [0.717, 1.165) is 23.9 Å². The molecule has 3 nitrogen and oxygen atoms in total. The molecule has 0 unspecified atom stereocenters. The molecule has 0 radical (unpaired) electrons. The van der Waals surface area contributed by atoms with E-state index in [9.17, 15) is 0 Å². The highest BCUT2D eigenvalue weighted by Crippen LogP contribution is 2.30. The van der Waals surface area contributed by atoms with Crippen molar-refractivity contribution >= 4 is 0 Å². The third-order valence-electron chi connectivity index (χ3n) is 4.02.